The van der Waals surface area contributed by atoms with E-state index in [0.29, 0.717) is 5.57 Å². The summed E-state index contributed by atoms with van der Waals surface area (Å²) < 4.78 is 50.8. The first-order valence-electron chi connectivity index (χ1n) is 8.01. The summed E-state index contributed by atoms with van der Waals surface area (Å²) in [4.78, 5) is 37.0. The fourth-order valence-electron chi connectivity index (χ4n) is 2.62. The highest BCUT2D eigenvalue weighted by atomic mass is 32.1. The Morgan fingerprint density at radius 3 is 2.39 bits per heavy atom. The average molecular weight is 525 g/mol. The minimum atomic E-state index is -5.71. The fourth-order valence-corrected chi connectivity index (χ4v) is 5.81. The van der Waals surface area contributed by atoms with Crippen LogP contribution in [0.5, 0.6) is 0 Å². The Balaban J connectivity index is 2.08. The summed E-state index contributed by atoms with van der Waals surface area (Å²) >= 11 is 4.98. The van der Waals surface area contributed by atoms with Gasteiger partial charge in [0, 0.05) is 6.20 Å². The molecule has 7 N–H and O–H groups in total. The van der Waals surface area contributed by atoms with Gasteiger partial charge in [-0.1, -0.05) is 12.2 Å². The third kappa shape index (κ3) is 7.10. The van der Waals surface area contributed by atoms with Gasteiger partial charge in [-0.15, -0.1) is 0 Å². The third-order valence-electron chi connectivity index (χ3n) is 3.87. The van der Waals surface area contributed by atoms with Crippen LogP contribution in [0.1, 0.15) is 6.92 Å². The van der Waals surface area contributed by atoms with Gasteiger partial charge in [-0.25, -0.2) is 13.7 Å². The molecule has 0 radical (unpaired) electrons. The van der Waals surface area contributed by atoms with Crippen molar-refractivity contribution in [1.29, 1.82) is 5.26 Å². The van der Waals surface area contributed by atoms with Crippen molar-refractivity contribution in [2.75, 3.05) is 6.61 Å². The van der Waals surface area contributed by atoms with Crippen LogP contribution in [-0.4, -0.2) is 71.1 Å². The largest absolute Gasteiger partial charge is 0.490 e. The molecule has 4 unspecified atom stereocenters. The zero-order valence-corrected chi connectivity index (χ0v) is 18.9. The second-order valence-corrected chi connectivity index (χ2v) is 11.0. The van der Waals surface area contributed by atoms with Crippen LogP contribution in [0.25, 0.3) is 0 Å². The predicted octanol–water partition coefficient (Wildman–Crippen LogP) is -1.03. The summed E-state index contributed by atoms with van der Waals surface area (Å²) in [5.74, 6) is -1.28. The molecule has 2 rings (SSSR count). The normalized spacial score (nSPS) is 33.1. The van der Waals surface area contributed by atoms with Crippen molar-refractivity contribution in [3.05, 3.63) is 11.8 Å². The fraction of sp³-hybridized carbons (Fsp3) is 0.636. The molecule has 176 valence electrons. The highest BCUT2D eigenvalue weighted by Crippen LogP contribution is 2.66. The molecule has 16 nitrogen and oxygen atoms in total. The van der Waals surface area contributed by atoms with Crippen molar-refractivity contribution < 1.29 is 61.4 Å². The maximum Gasteiger partial charge on any atom is 0.490 e. The van der Waals surface area contributed by atoms with Crippen molar-refractivity contribution in [1.82, 2.24) is 10.2 Å². The Kier molecular flexibility index (Phi) is 8.19. The molecule has 31 heavy (non-hydrogen) atoms. The molecule has 7 atom stereocenters. The van der Waals surface area contributed by atoms with E-state index in [0.717, 1.165) is 4.90 Å². The Morgan fingerprint density at radius 1 is 1.23 bits per heavy atom. The number of nitriles is 1. The molecule has 0 saturated carbocycles. The van der Waals surface area contributed by atoms with E-state index in [1.54, 1.807) is 13.0 Å². The summed E-state index contributed by atoms with van der Waals surface area (Å²) in [5.41, 5.74) is 0.506. The summed E-state index contributed by atoms with van der Waals surface area (Å²) in [6.07, 6.45) is -4.35. The van der Waals surface area contributed by atoms with Crippen LogP contribution >= 0.6 is 35.7 Å². The van der Waals surface area contributed by atoms with Gasteiger partial charge < -0.3 is 44.7 Å². The Bertz CT molecular complexity index is 933. The molecule has 0 aliphatic carbocycles. The molecule has 0 amide bonds. The zero-order valence-electron chi connectivity index (χ0n) is 15.4. The van der Waals surface area contributed by atoms with E-state index in [2.05, 4.69) is 18.5 Å². The van der Waals surface area contributed by atoms with Gasteiger partial charge in [0.15, 0.2) is 6.23 Å². The molecule has 2 aliphatic rings. The van der Waals surface area contributed by atoms with Gasteiger partial charge in [-0.3, -0.25) is 4.52 Å². The van der Waals surface area contributed by atoms with Gasteiger partial charge in [0.05, 0.1) is 12.7 Å². The van der Waals surface area contributed by atoms with Crippen LogP contribution in [0, 0.1) is 17.2 Å². The molecule has 0 aromatic rings. The lowest BCUT2D eigenvalue weighted by Gasteiger charge is -2.37. The molecule has 2 heterocycles. The second kappa shape index (κ2) is 9.60. The van der Waals surface area contributed by atoms with Crippen LogP contribution in [0.2, 0.25) is 0 Å². The van der Waals surface area contributed by atoms with Gasteiger partial charge in [0.2, 0.25) is 6.35 Å². The molecule has 20 heteroatoms. The Hall–Kier alpha value is -0.790. The van der Waals surface area contributed by atoms with Crippen LogP contribution in [0.3, 0.4) is 0 Å². The molecule has 0 spiro atoms. The lowest BCUT2D eigenvalue weighted by Crippen LogP contribution is -2.54. The molecule has 0 bridgehead atoms. The first-order chi connectivity index (χ1) is 14.1. The summed E-state index contributed by atoms with van der Waals surface area (Å²) in [6, 6.07) is 1.77. The van der Waals surface area contributed by atoms with E-state index >= 15 is 0 Å². The first-order valence-corrected chi connectivity index (χ1v) is 12.9. The highest BCUT2D eigenvalue weighted by molar-refractivity contribution is 7.80. The van der Waals surface area contributed by atoms with E-state index in [9.17, 15) is 34.1 Å². The Labute approximate surface area is 180 Å². The topological polar surface area (TPSA) is 249 Å². The minimum Gasteiger partial charge on any atom is -0.389 e. The number of nitrogens with one attached hydrogen (secondary N) is 1. The summed E-state index contributed by atoms with van der Waals surface area (Å²) in [5, 5.41) is 32.3. The standard InChI is InChI=1S/C11H18N3O13P3S/c1-5-3-14(11(16)13-9(5)31)10-6(2-12)8(15)7(25-10)4-24-29(20,21)27-30(22,23)26-28(17,18)19/h3,6-8,10-11,15-16H,4H2,1H3,(H,13,31)(H,20,21)(H,22,23)(H2,17,18,19)/t6?,7-,8-,10-,11?/m0/s1. The number of nitrogens with zero attached hydrogens (tertiary/aromatic N) is 2. The molecule has 0 aromatic carbocycles. The molecular weight excluding hydrogens is 507 g/mol. The van der Waals surface area contributed by atoms with Gasteiger partial charge >= 0.3 is 23.5 Å². The van der Waals surface area contributed by atoms with Gasteiger partial charge in [0.25, 0.3) is 0 Å². The van der Waals surface area contributed by atoms with E-state index in [1.807, 2.05) is 0 Å². The molecule has 1 fully saturated rings. The van der Waals surface area contributed by atoms with Crippen LogP contribution < -0.4 is 5.32 Å². The number of thiocarbonyl (C=S) groups is 1. The number of aliphatic hydroxyl groups excluding tert-OH is 2. The van der Waals surface area contributed by atoms with Gasteiger partial charge in [0.1, 0.15) is 23.1 Å². The van der Waals surface area contributed by atoms with Crippen LogP contribution in [0.4, 0.5) is 0 Å². The van der Waals surface area contributed by atoms with Crippen molar-refractivity contribution in [3.8, 4) is 6.07 Å². The van der Waals surface area contributed by atoms with Crippen LogP contribution in [0.15, 0.2) is 11.8 Å². The number of phosphoric ester groups is 1. The van der Waals surface area contributed by atoms with Gasteiger partial charge in [-0.2, -0.15) is 13.9 Å². The van der Waals surface area contributed by atoms with Crippen molar-refractivity contribution >= 4 is 40.7 Å². The first kappa shape index (κ1) is 26.5. The minimum absolute atomic E-state index is 0.236. The molecular formula is C11H18N3O13P3S. The van der Waals surface area contributed by atoms with Crippen molar-refractivity contribution in [2.45, 2.75) is 31.7 Å². The van der Waals surface area contributed by atoms with Crippen molar-refractivity contribution in [3.63, 3.8) is 0 Å². The van der Waals surface area contributed by atoms with E-state index in [-0.39, 0.29) is 4.99 Å². The maximum atomic E-state index is 11.8. The molecule has 0 aromatic heterocycles. The quantitative estimate of drug-likeness (QED) is 0.148. The Morgan fingerprint density at radius 2 is 1.84 bits per heavy atom. The monoisotopic (exact) mass is 525 g/mol. The zero-order chi connectivity index (χ0) is 23.8. The average Bonchev–Trinajstić information content (AvgIpc) is 2.88. The van der Waals surface area contributed by atoms with Crippen LogP contribution in [-0.2, 0) is 31.6 Å². The number of hydrogen-bond donors (Lipinski definition) is 7. The highest BCUT2D eigenvalue weighted by Gasteiger charge is 2.49. The number of phosphoric acid groups is 3. The molecule has 2 aliphatic heterocycles. The van der Waals surface area contributed by atoms with E-state index in [4.69, 9.17) is 31.6 Å². The number of hydrogen-bond acceptors (Lipinski definition) is 12. The number of aliphatic hydroxyl groups is 2. The SMILES string of the molecule is CC1=CN([C@H]2O[C@@H](COP(=O)(O)OP(=O)(O)OP(=O)(O)O)[C@@H](O)C2C#N)C(O)NC1=S. The van der Waals surface area contributed by atoms with E-state index in [1.165, 1.54) is 6.20 Å². The molecule has 1 saturated heterocycles. The maximum absolute atomic E-state index is 11.8. The smallest absolute Gasteiger partial charge is 0.389 e. The third-order valence-corrected chi connectivity index (χ3v) is 8.12. The van der Waals surface area contributed by atoms with E-state index < -0.39 is 60.8 Å². The van der Waals surface area contributed by atoms with Gasteiger partial charge in [-0.05, 0) is 12.5 Å². The number of ether oxygens (including phenoxy) is 1. The summed E-state index contributed by atoms with van der Waals surface area (Å²) in [6.45, 7) is 0.645. The lowest BCUT2D eigenvalue weighted by atomic mass is 10.0. The number of rotatable bonds is 8. The predicted molar refractivity (Wildman–Crippen MR) is 101 cm³/mol. The second-order valence-electron chi connectivity index (χ2n) is 6.20. The summed E-state index contributed by atoms with van der Waals surface area (Å²) in [7, 11) is -16.7. The lowest BCUT2D eigenvalue weighted by molar-refractivity contribution is -0.121. The van der Waals surface area contributed by atoms with Crippen molar-refractivity contribution in [2.24, 2.45) is 5.92 Å².